The number of hydrogen-bond acceptors (Lipinski definition) is 4. The normalized spacial score (nSPS) is 24.6. The fraction of sp³-hybridized carbons (Fsp3) is 0.647. The van der Waals surface area contributed by atoms with Crippen molar-refractivity contribution in [1.29, 1.82) is 0 Å². The molecule has 1 N–H and O–H groups in total. The molecule has 2 rings (SSSR count). The Morgan fingerprint density at radius 2 is 2.00 bits per heavy atom. The summed E-state index contributed by atoms with van der Waals surface area (Å²) in [6, 6.07) is 0. The number of ketones is 1. The van der Waals surface area contributed by atoms with Crippen LogP contribution in [0.5, 0.6) is 0 Å². The molecule has 1 heterocycles. The second-order valence-electron chi connectivity index (χ2n) is 6.68. The van der Waals surface area contributed by atoms with E-state index in [-0.39, 0.29) is 23.1 Å². The summed E-state index contributed by atoms with van der Waals surface area (Å²) >= 11 is 0. The third-order valence-electron chi connectivity index (χ3n) is 4.26. The molecule has 4 nitrogen and oxygen atoms in total. The standard InChI is InChI=1S/C17H25NO3/c1-6-11-14(16(20)21-7-2)10(3)18-12-8-17(4,5)9-13(19)15(11)12/h11,18H,6-9H2,1-5H3. The zero-order valence-electron chi connectivity index (χ0n) is 13.6. The van der Waals surface area contributed by atoms with Crippen molar-refractivity contribution >= 4 is 11.8 Å². The predicted molar refractivity (Wildman–Crippen MR) is 81.3 cm³/mol. The Morgan fingerprint density at radius 3 is 2.57 bits per heavy atom. The molecule has 0 saturated heterocycles. The van der Waals surface area contributed by atoms with Crippen molar-refractivity contribution in [3.8, 4) is 0 Å². The molecule has 4 heteroatoms. The van der Waals surface area contributed by atoms with Gasteiger partial charge in [0.2, 0.25) is 0 Å². The Labute approximate surface area is 126 Å². The van der Waals surface area contributed by atoms with Gasteiger partial charge in [-0.05, 0) is 32.1 Å². The van der Waals surface area contributed by atoms with Crippen LogP contribution in [0.1, 0.15) is 53.9 Å². The zero-order valence-corrected chi connectivity index (χ0v) is 13.6. The molecule has 116 valence electrons. The second kappa shape index (κ2) is 5.66. The minimum absolute atomic E-state index is 0.0249. The van der Waals surface area contributed by atoms with Crippen molar-refractivity contribution < 1.29 is 14.3 Å². The van der Waals surface area contributed by atoms with E-state index in [9.17, 15) is 9.59 Å². The van der Waals surface area contributed by atoms with Gasteiger partial charge < -0.3 is 10.1 Å². The van der Waals surface area contributed by atoms with Crippen molar-refractivity contribution in [2.75, 3.05) is 6.61 Å². The first-order valence-electron chi connectivity index (χ1n) is 7.72. The van der Waals surface area contributed by atoms with E-state index in [1.54, 1.807) is 6.92 Å². The molecule has 0 fully saturated rings. The minimum atomic E-state index is -0.307. The highest BCUT2D eigenvalue weighted by atomic mass is 16.5. The summed E-state index contributed by atoms with van der Waals surface area (Å²) in [6.07, 6.45) is 2.12. The van der Waals surface area contributed by atoms with Gasteiger partial charge in [0.05, 0.1) is 12.2 Å². The largest absolute Gasteiger partial charge is 0.463 e. The minimum Gasteiger partial charge on any atom is -0.463 e. The quantitative estimate of drug-likeness (QED) is 0.812. The maximum Gasteiger partial charge on any atom is 0.336 e. The first kappa shape index (κ1) is 15.8. The van der Waals surface area contributed by atoms with Gasteiger partial charge in [-0.25, -0.2) is 4.79 Å². The number of carbonyl (C=O) groups is 2. The average Bonchev–Trinajstić information content (AvgIpc) is 2.35. The first-order chi connectivity index (χ1) is 9.80. The van der Waals surface area contributed by atoms with Gasteiger partial charge in [-0.15, -0.1) is 0 Å². The van der Waals surface area contributed by atoms with Gasteiger partial charge >= 0.3 is 5.97 Å². The molecule has 21 heavy (non-hydrogen) atoms. The summed E-state index contributed by atoms with van der Waals surface area (Å²) in [7, 11) is 0. The molecule has 0 amide bonds. The third-order valence-corrected chi connectivity index (χ3v) is 4.26. The molecule has 1 aliphatic carbocycles. The maximum atomic E-state index is 12.6. The van der Waals surface area contributed by atoms with Crippen LogP contribution >= 0.6 is 0 Å². The molecule has 1 aliphatic heterocycles. The van der Waals surface area contributed by atoms with Crippen LogP contribution in [0.2, 0.25) is 0 Å². The number of nitrogens with one attached hydrogen (secondary N) is 1. The Kier molecular flexibility index (Phi) is 4.26. The number of carbonyl (C=O) groups excluding carboxylic acids is 2. The number of hydrogen-bond donors (Lipinski definition) is 1. The Balaban J connectivity index is 2.43. The summed E-state index contributed by atoms with van der Waals surface area (Å²) in [5, 5.41) is 3.30. The highest BCUT2D eigenvalue weighted by Crippen LogP contribution is 2.43. The summed E-state index contributed by atoms with van der Waals surface area (Å²) in [4.78, 5) is 24.8. The summed E-state index contributed by atoms with van der Waals surface area (Å²) in [6.45, 7) is 10.3. The summed E-state index contributed by atoms with van der Waals surface area (Å²) < 4.78 is 5.17. The van der Waals surface area contributed by atoms with Gasteiger partial charge in [-0.1, -0.05) is 20.8 Å². The fourth-order valence-electron chi connectivity index (χ4n) is 3.46. The summed E-state index contributed by atoms with van der Waals surface area (Å²) in [5.41, 5.74) is 3.21. The van der Waals surface area contributed by atoms with Gasteiger partial charge in [-0.3, -0.25) is 4.79 Å². The number of ether oxygens (including phenoxy) is 1. The monoisotopic (exact) mass is 291 g/mol. The van der Waals surface area contributed by atoms with Crippen LogP contribution in [0.25, 0.3) is 0 Å². The molecular weight excluding hydrogens is 266 g/mol. The van der Waals surface area contributed by atoms with Crippen molar-refractivity contribution in [3.05, 3.63) is 22.5 Å². The van der Waals surface area contributed by atoms with E-state index in [0.29, 0.717) is 18.6 Å². The van der Waals surface area contributed by atoms with E-state index in [4.69, 9.17) is 4.74 Å². The highest BCUT2D eigenvalue weighted by Gasteiger charge is 2.41. The predicted octanol–water partition coefficient (Wildman–Crippen LogP) is 3.10. The van der Waals surface area contributed by atoms with Crippen LogP contribution in [0, 0.1) is 11.3 Å². The van der Waals surface area contributed by atoms with E-state index >= 15 is 0 Å². The Hall–Kier alpha value is -1.58. The lowest BCUT2D eigenvalue weighted by Gasteiger charge is -2.39. The number of esters is 1. The lowest BCUT2D eigenvalue weighted by molar-refractivity contribution is -0.139. The van der Waals surface area contributed by atoms with Gasteiger partial charge in [0, 0.05) is 29.3 Å². The van der Waals surface area contributed by atoms with E-state index in [1.165, 1.54) is 0 Å². The van der Waals surface area contributed by atoms with Crippen LogP contribution in [0.15, 0.2) is 22.5 Å². The SMILES string of the molecule is CCOC(=O)C1=C(C)NC2=C(C(=O)CC(C)(C)C2)C1CC. The Morgan fingerprint density at radius 1 is 1.33 bits per heavy atom. The smallest absolute Gasteiger partial charge is 0.336 e. The average molecular weight is 291 g/mol. The van der Waals surface area contributed by atoms with Gasteiger partial charge in [-0.2, -0.15) is 0 Å². The van der Waals surface area contributed by atoms with E-state index in [2.05, 4.69) is 19.2 Å². The molecule has 0 spiro atoms. The van der Waals surface area contributed by atoms with Crippen LogP contribution in [0.4, 0.5) is 0 Å². The summed E-state index contributed by atoms with van der Waals surface area (Å²) in [5.74, 6) is -0.280. The second-order valence-corrected chi connectivity index (χ2v) is 6.68. The molecule has 0 aromatic rings. The lowest BCUT2D eigenvalue weighted by Crippen LogP contribution is -2.39. The van der Waals surface area contributed by atoms with Crippen molar-refractivity contribution in [3.63, 3.8) is 0 Å². The van der Waals surface area contributed by atoms with Gasteiger partial charge in [0.25, 0.3) is 0 Å². The fourth-order valence-corrected chi connectivity index (χ4v) is 3.46. The lowest BCUT2D eigenvalue weighted by atomic mass is 9.69. The van der Waals surface area contributed by atoms with Crippen LogP contribution in [0.3, 0.4) is 0 Å². The topological polar surface area (TPSA) is 55.4 Å². The number of Topliss-reactive ketones (excluding diaryl/α,β-unsaturated/α-hetero) is 1. The highest BCUT2D eigenvalue weighted by molar-refractivity contribution is 6.02. The first-order valence-corrected chi connectivity index (χ1v) is 7.72. The van der Waals surface area contributed by atoms with E-state index in [1.807, 2.05) is 13.8 Å². The molecule has 1 unspecified atom stereocenters. The maximum absolute atomic E-state index is 12.6. The van der Waals surface area contributed by atoms with Crippen molar-refractivity contribution in [2.24, 2.45) is 11.3 Å². The molecule has 0 radical (unpaired) electrons. The van der Waals surface area contributed by atoms with Crippen LogP contribution < -0.4 is 5.32 Å². The van der Waals surface area contributed by atoms with E-state index in [0.717, 1.165) is 29.8 Å². The Bertz CT molecular complexity index is 540. The molecule has 1 atom stereocenters. The number of allylic oxidation sites excluding steroid dienone is 3. The zero-order chi connectivity index (χ0) is 15.8. The molecule has 0 saturated carbocycles. The molecule has 0 aromatic carbocycles. The molecule has 2 aliphatic rings. The van der Waals surface area contributed by atoms with Gasteiger partial charge in [0.15, 0.2) is 5.78 Å². The molecule has 0 bridgehead atoms. The van der Waals surface area contributed by atoms with Crippen molar-refractivity contribution in [2.45, 2.75) is 53.9 Å². The van der Waals surface area contributed by atoms with E-state index < -0.39 is 0 Å². The number of dihydropyridines is 1. The number of rotatable bonds is 3. The molecule has 0 aromatic heterocycles. The van der Waals surface area contributed by atoms with Gasteiger partial charge in [0.1, 0.15) is 0 Å². The third kappa shape index (κ3) is 2.89. The van der Waals surface area contributed by atoms with Crippen LogP contribution in [-0.4, -0.2) is 18.4 Å². The molecular formula is C17H25NO3. The van der Waals surface area contributed by atoms with Crippen LogP contribution in [-0.2, 0) is 14.3 Å². The van der Waals surface area contributed by atoms with Crippen molar-refractivity contribution in [1.82, 2.24) is 5.32 Å².